The Bertz CT molecular complexity index is 255. The van der Waals surface area contributed by atoms with Gasteiger partial charge >= 0.3 is 0 Å². The highest BCUT2D eigenvalue weighted by atomic mass is 32.1. The first kappa shape index (κ1) is 10.5. The summed E-state index contributed by atoms with van der Waals surface area (Å²) in [6.07, 6.45) is 5.67. The van der Waals surface area contributed by atoms with Gasteiger partial charge in [-0.25, -0.2) is 4.98 Å². The molecule has 0 aromatic carbocycles. The van der Waals surface area contributed by atoms with Crippen LogP contribution < -0.4 is 5.73 Å². The number of nitrogens with zero attached hydrogens (tertiary/aromatic N) is 1. The van der Waals surface area contributed by atoms with Crippen LogP contribution in [-0.4, -0.2) is 4.98 Å². The summed E-state index contributed by atoms with van der Waals surface area (Å²) in [5.74, 6) is 0. The lowest BCUT2D eigenvalue weighted by Gasteiger charge is -1.94. The third kappa shape index (κ3) is 2.99. The van der Waals surface area contributed by atoms with Gasteiger partial charge in [-0.3, -0.25) is 0 Å². The van der Waals surface area contributed by atoms with E-state index in [0.717, 1.165) is 30.0 Å². The molecule has 13 heavy (non-hydrogen) atoms. The molecule has 1 rings (SSSR count). The lowest BCUT2D eigenvalue weighted by atomic mass is 10.2. The van der Waals surface area contributed by atoms with Gasteiger partial charge in [0.05, 0.1) is 10.7 Å². The number of nitrogens with two attached hydrogens (primary N) is 1. The number of thiazole rings is 1. The molecule has 1 aromatic rings. The van der Waals surface area contributed by atoms with Crippen molar-refractivity contribution in [3.8, 4) is 0 Å². The monoisotopic (exact) mass is 198 g/mol. The molecule has 1 aromatic heterocycles. The third-order valence-corrected chi connectivity index (χ3v) is 2.99. The molecule has 0 aliphatic rings. The third-order valence-electron chi connectivity index (χ3n) is 2.00. The maximum Gasteiger partial charge on any atom is 0.109 e. The molecule has 0 amide bonds. The van der Waals surface area contributed by atoms with Crippen LogP contribution in [0.4, 0.5) is 5.00 Å². The van der Waals surface area contributed by atoms with Crippen LogP contribution in [0.1, 0.15) is 43.8 Å². The summed E-state index contributed by atoms with van der Waals surface area (Å²) in [5.41, 5.74) is 6.99. The van der Waals surface area contributed by atoms with E-state index in [9.17, 15) is 0 Å². The molecule has 0 unspecified atom stereocenters. The van der Waals surface area contributed by atoms with Gasteiger partial charge in [0.15, 0.2) is 0 Å². The molecule has 0 saturated heterocycles. The zero-order valence-electron chi connectivity index (χ0n) is 8.47. The Morgan fingerprint density at radius 2 is 2.00 bits per heavy atom. The van der Waals surface area contributed by atoms with Crippen LogP contribution in [0, 0.1) is 0 Å². The Morgan fingerprint density at radius 1 is 1.23 bits per heavy atom. The van der Waals surface area contributed by atoms with E-state index in [4.69, 9.17) is 5.73 Å². The first-order valence-electron chi connectivity index (χ1n) is 5.02. The van der Waals surface area contributed by atoms with Crippen LogP contribution in [0.5, 0.6) is 0 Å². The standard InChI is InChI=1S/C10H18N2S/c1-3-5-7-8-10(11)13-9(12-8)6-4-2/h3-7,11H2,1-2H3. The van der Waals surface area contributed by atoms with Gasteiger partial charge in [0, 0.05) is 0 Å². The molecular weight excluding hydrogens is 180 g/mol. The lowest BCUT2D eigenvalue weighted by molar-refractivity contribution is 0.776. The minimum atomic E-state index is 0.928. The Balaban J connectivity index is 2.60. The highest BCUT2D eigenvalue weighted by Gasteiger charge is 2.06. The van der Waals surface area contributed by atoms with E-state index in [1.165, 1.54) is 17.8 Å². The van der Waals surface area contributed by atoms with Crippen molar-refractivity contribution in [2.45, 2.75) is 46.0 Å². The predicted molar refractivity (Wildman–Crippen MR) is 59.1 cm³/mol. The quantitative estimate of drug-likeness (QED) is 0.790. The van der Waals surface area contributed by atoms with Gasteiger partial charge in [0.2, 0.25) is 0 Å². The summed E-state index contributed by atoms with van der Waals surface area (Å²) in [7, 11) is 0. The molecule has 0 radical (unpaired) electrons. The molecular formula is C10H18N2S. The van der Waals surface area contributed by atoms with E-state index in [0.29, 0.717) is 0 Å². The fraction of sp³-hybridized carbons (Fsp3) is 0.700. The number of aromatic nitrogens is 1. The van der Waals surface area contributed by atoms with Crippen LogP contribution in [-0.2, 0) is 12.8 Å². The second-order valence-corrected chi connectivity index (χ2v) is 4.39. The number of anilines is 1. The van der Waals surface area contributed by atoms with Crippen LogP contribution >= 0.6 is 11.3 Å². The summed E-state index contributed by atoms with van der Waals surface area (Å²) in [5, 5.41) is 2.13. The average molecular weight is 198 g/mol. The molecule has 0 bridgehead atoms. The fourth-order valence-electron chi connectivity index (χ4n) is 1.26. The molecule has 2 N–H and O–H groups in total. The van der Waals surface area contributed by atoms with E-state index in [1.807, 2.05) is 0 Å². The average Bonchev–Trinajstić information content (AvgIpc) is 2.44. The Hall–Kier alpha value is -0.570. The molecule has 2 nitrogen and oxygen atoms in total. The number of nitrogen functional groups attached to an aromatic ring is 1. The fourth-order valence-corrected chi connectivity index (χ4v) is 2.24. The van der Waals surface area contributed by atoms with Crippen molar-refractivity contribution in [1.82, 2.24) is 4.98 Å². The summed E-state index contributed by atoms with van der Waals surface area (Å²) in [4.78, 5) is 4.53. The zero-order chi connectivity index (χ0) is 9.68. The molecule has 3 heteroatoms. The maximum atomic E-state index is 5.87. The summed E-state index contributed by atoms with van der Waals surface area (Å²) < 4.78 is 0. The van der Waals surface area contributed by atoms with Crippen molar-refractivity contribution in [3.05, 3.63) is 10.7 Å². The first-order chi connectivity index (χ1) is 6.27. The van der Waals surface area contributed by atoms with Crippen LogP contribution in [0.25, 0.3) is 0 Å². The van der Waals surface area contributed by atoms with Crippen molar-refractivity contribution in [1.29, 1.82) is 0 Å². The molecule has 0 saturated carbocycles. The van der Waals surface area contributed by atoms with E-state index < -0.39 is 0 Å². The Kier molecular flexibility index (Phi) is 4.22. The number of unbranched alkanes of at least 4 members (excludes halogenated alkanes) is 1. The number of hydrogen-bond donors (Lipinski definition) is 1. The highest BCUT2D eigenvalue weighted by Crippen LogP contribution is 2.23. The molecule has 1 heterocycles. The van der Waals surface area contributed by atoms with E-state index in [-0.39, 0.29) is 0 Å². The maximum absolute atomic E-state index is 5.87. The smallest absolute Gasteiger partial charge is 0.109 e. The largest absolute Gasteiger partial charge is 0.389 e. The van der Waals surface area contributed by atoms with Crippen molar-refractivity contribution in [2.75, 3.05) is 5.73 Å². The van der Waals surface area contributed by atoms with Gasteiger partial charge in [-0.05, 0) is 25.7 Å². The molecule has 0 aliphatic carbocycles. The Morgan fingerprint density at radius 3 is 2.62 bits per heavy atom. The van der Waals surface area contributed by atoms with Crippen molar-refractivity contribution in [2.24, 2.45) is 0 Å². The SMILES string of the molecule is CCCCc1nc(CCC)sc1N. The minimum Gasteiger partial charge on any atom is -0.389 e. The van der Waals surface area contributed by atoms with Crippen LogP contribution in [0.3, 0.4) is 0 Å². The molecule has 0 fully saturated rings. The summed E-state index contributed by atoms with van der Waals surface area (Å²) in [6.45, 7) is 4.36. The topological polar surface area (TPSA) is 38.9 Å². The minimum absolute atomic E-state index is 0.928. The second-order valence-electron chi connectivity index (χ2n) is 3.27. The molecule has 74 valence electrons. The van der Waals surface area contributed by atoms with Crippen molar-refractivity contribution >= 4 is 16.3 Å². The van der Waals surface area contributed by atoms with Gasteiger partial charge in [-0.2, -0.15) is 0 Å². The van der Waals surface area contributed by atoms with Crippen molar-refractivity contribution < 1.29 is 0 Å². The van der Waals surface area contributed by atoms with E-state index in [1.54, 1.807) is 11.3 Å². The summed E-state index contributed by atoms with van der Waals surface area (Å²) >= 11 is 1.66. The molecule has 0 atom stereocenters. The number of hydrogen-bond acceptors (Lipinski definition) is 3. The number of rotatable bonds is 5. The molecule has 0 aliphatic heterocycles. The van der Waals surface area contributed by atoms with Gasteiger partial charge in [-0.15, -0.1) is 11.3 Å². The summed E-state index contributed by atoms with van der Waals surface area (Å²) in [6, 6.07) is 0. The van der Waals surface area contributed by atoms with E-state index >= 15 is 0 Å². The van der Waals surface area contributed by atoms with E-state index in [2.05, 4.69) is 18.8 Å². The normalized spacial score (nSPS) is 10.6. The Labute approximate surface area is 84.2 Å². The zero-order valence-corrected chi connectivity index (χ0v) is 9.28. The van der Waals surface area contributed by atoms with Crippen molar-refractivity contribution in [3.63, 3.8) is 0 Å². The highest BCUT2D eigenvalue weighted by molar-refractivity contribution is 7.15. The lowest BCUT2D eigenvalue weighted by Crippen LogP contribution is -1.91. The van der Waals surface area contributed by atoms with Gasteiger partial charge in [0.25, 0.3) is 0 Å². The van der Waals surface area contributed by atoms with Gasteiger partial charge in [0.1, 0.15) is 5.00 Å². The van der Waals surface area contributed by atoms with Gasteiger partial charge in [-0.1, -0.05) is 20.3 Å². The first-order valence-corrected chi connectivity index (χ1v) is 5.83. The van der Waals surface area contributed by atoms with Crippen LogP contribution in [0.2, 0.25) is 0 Å². The van der Waals surface area contributed by atoms with Gasteiger partial charge < -0.3 is 5.73 Å². The number of aryl methyl sites for hydroxylation is 2. The molecule has 0 spiro atoms. The second kappa shape index (κ2) is 5.22. The predicted octanol–water partition coefficient (Wildman–Crippen LogP) is 3.02. The van der Waals surface area contributed by atoms with Crippen LogP contribution in [0.15, 0.2) is 0 Å².